The van der Waals surface area contributed by atoms with E-state index in [0.717, 1.165) is 0 Å². The summed E-state index contributed by atoms with van der Waals surface area (Å²) in [6, 6.07) is 12.6. The van der Waals surface area contributed by atoms with Gasteiger partial charge in [-0.15, -0.1) is 0 Å². The number of benzene rings is 2. The smallest absolute Gasteiger partial charge is 0.265 e. The van der Waals surface area contributed by atoms with E-state index >= 15 is 0 Å². The molecule has 0 fully saturated rings. The second kappa shape index (κ2) is 7.09. The average Bonchev–Trinajstić information content (AvgIpc) is 2.44. The molecule has 1 amide bonds. The van der Waals surface area contributed by atoms with Gasteiger partial charge in [-0.25, -0.2) is 4.39 Å². The lowest BCUT2D eigenvalue weighted by molar-refractivity contribution is -0.122. The SMILES string of the molecule is CC[C@H](Oc1cccc(Cl)c1)C(=O)Nc1cccc(F)c1. The number of carbonyl (C=O) groups is 1. The highest BCUT2D eigenvalue weighted by atomic mass is 35.5. The third-order valence-corrected chi connectivity index (χ3v) is 3.06. The molecule has 0 aliphatic rings. The van der Waals surface area contributed by atoms with Gasteiger partial charge in [-0.2, -0.15) is 0 Å². The van der Waals surface area contributed by atoms with Crippen molar-refractivity contribution in [3.63, 3.8) is 0 Å². The van der Waals surface area contributed by atoms with Gasteiger partial charge in [0.25, 0.3) is 5.91 Å². The highest BCUT2D eigenvalue weighted by Crippen LogP contribution is 2.20. The summed E-state index contributed by atoms with van der Waals surface area (Å²) in [7, 11) is 0. The molecule has 0 aliphatic carbocycles. The third-order valence-electron chi connectivity index (χ3n) is 2.83. The molecule has 0 aromatic heterocycles. The molecule has 0 spiro atoms. The van der Waals surface area contributed by atoms with Crippen LogP contribution < -0.4 is 10.1 Å². The minimum absolute atomic E-state index is 0.330. The van der Waals surface area contributed by atoms with Crippen molar-refractivity contribution in [2.75, 3.05) is 5.32 Å². The Bertz CT molecular complexity index is 633. The van der Waals surface area contributed by atoms with Crippen molar-refractivity contribution in [3.8, 4) is 5.75 Å². The molecule has 3 nitrogen and oxygen atoms in total. The van der Waals surface area contributed by atoms with E-state index in [4.69, 9.17) is 16.3 Å². The quantitative estimate of drug-likeness (QED) is 0.895. The Morgan fingerprint density at radius 1 is 1.29 bits per heavy atom. The van der Waals surface area contributed by atoms with Crippen LogP contribution in [0.4, 0.5) is 10.1 Å². The van der Waals surface area contributed by atoms with Crippen molar-refractivity contribution in [1.82, 2.24) is 0 Å². The fourth-order valence-electron chi connectivity index (χ4n) is 1.82. The Morgan fingerprint density at radius 3 is 2.71 bits per heavy atom. The predicted octanol–water partition coefficient (Wildman–Crippen LogP) is 4.28. The summed E-state index contributed by atoms with van der Waals surface area (Å²) >= 11 is 5.88. The summed E-state index contributed by atoms with van der Waals surface area (Å²) in [5.41, 5.74) is 0.396. The molecule has 1 atom stereocenters. The molecule has 2 aromatic rings. The fourth-order valence-corrected chi connectivity index (χ4v) is 2.00. The minimum atomic E-state index is -0.674. The van der Waals surface area contributed by atoms with Crippen LogP contribution in [0, 0.1) is 5.82 Å². The molecule has 0 bridgehead atoms. The number of ether oxygens (including phenoxy) is 1. The van der Waals surface area contributed by atoms with Gasteiger partial charge in [-0.1, -0.05) is 30.7 Å². The molecule has 0 unspecified atom stereocenters. The van der Waals surface area contributed by atoms with Gasteiger partial charge in [0, 0.05) is 10.7 Å². The van der Waals surface area contributed by atoms with Gasteiger partial charge < -0.3 is 10.1 Å². The normalized spacial score (nSPS) is 11.8. The number of anilines is 1. The number of amides is 1. The average molecular weight is 308 g/mol. The molecule has 0 heterocycles. The van der Waals surface area contributed by atoms with Crippen LogP contribution in [0.15, 0.2) is 48.5 Å². The summed E-state index contributed by atoms with van der Waals surface area (Å²) in [5.74, 6) is -0.219. The van der Waals surface area contributed by atoms with Gasteiger partial charge in [-0.3, -0.25) is 4.79 Å². The highest BCUT2D eigenvalue weighted by Gasteiger charge is 2.18. The molecule has 110 valence electrons. The molecular weight excluding hydrogens is 293 g/mol. The van der Waals surface area contributed by atoms with Gasteiger partial charge in [-0.05, 0) is 42.8 Å². The molecule has 0 saturated heterocycles. The second-order valence-electron chi connectivity index (χ2n) is 4.47. The summed E-state index contributed by atoms with van der Waals surface area (Å²) in [6.45, 7) is 1.83. The standard InChI is InChI=1S/C16H15ClFNO2/c1-2-15(21-14-8-3-5-11(17)9-14)16(20)19-13-7-4-6-12(18)10-13/h3-10,15H,2H2,1H3,(H,19,20)/t15-/m0/s1. The Hall–Kier alpha value is -2.07. The lowest BCUT2D eigenvalue weighted by atomic mass is 10.2. The minimum Gasteiger partial charge on any atom is -0.481 e. The molecule has 0 aliphatic heterocycles. The first-order valence-corrected chi connectivity index (χ1v) is 6.95. The zero-order chi connectivity index (χ0) is 15.2. The van der Waals surface area contributed by atoms with Crippen LogP contribution in [0.1, 0.15) is 13.3 Å². The molecule has 2 aromatic carbocycles. The van der Waals surface area contributed by atoms with E-state index in [1.165, 1.54) is 18.2 Å². The third kappa shape index (κ3) is 4.46. The molecule has 5 heteroatoms. The lowest BCUT2D eigenvalue weighted by Crippen LogP contribution is -2.32. The van der Waals surface area contributed by atoms with Gasteiger partial charge in [0.1, 0.15) is 11.6 Å². The van der Waals surface area contributed by atoms with E-state index in [0.29, 0.717) is 22.9 Å². The van der Waals surface area contributed by atoms with Crippen LogP contribution in [-0.4, -0.2) is 12.0 Å². The van der Waals surface area contributed by atoms with E-state index < -0.39 is 11.9 Å². The Kier molecular flexibility index (Phi) is 5.17. The molecule has 0 radical (unpaired) electrons. The predicted molar refractivity (Wildman–Crippen MR) is 81.2 cm³/mol. The molecule has 1 N–H and O–H groups in total. The maximum atomic E-state index is 13.1. The largest absolute Gasteiger partial charge is 0.481 e. The van der Waals surface area contributed by atoms with Crippen LogP contribution in [0.2, 0.25) is 5.02 Å². The fraction of sp³-hybridized carbons (Fsp3) is 0.188. The number of nitrogens with one attached hydrogen (secondary N) is 1. The molecule has 2 rings (SSSR count). The second-order valence-corrected chi connectivity index (χ2v) is 4.91. The van der Waals surface area contributed by atoms with Gasteiger partial charge in [0.15, 0.2) is 6.10 Å². The van der Waals surface area contributed by atoms with Crippen LogP contribution in [-0.2, 0) is 4.79 Å². The number of hydrogen-bond donors (Lipinski definition) is 1. The molecule has 21 heavy (non-hydrogen) atoms. The van der Waals surface area contributed by atoms with E-state index in [9.17, 15) is 9.18 Å². The van der Waals surface area contributed by atoms with E-state index in [1.54, 1.807) is 30.3 Å². The summed E-state index contributed by atoms with van der Waals surface area (Å²) in [5, 5.41) is 3.17. The van der Waals surface area contributed by atoms with E-state index in [2.05, 4.69) is 5.32 Å². The Balaban J connectivity index is 2.05. The number of rotatable bonds is 5. The van der Waals surface area contributed by atoms with Crippen LogP contribution in [0.25, 0.3) is 0 Å². The lowest BCUT2D eigenvalue weighted by Gasteiger charge is -2.17. The monoisotopic (exact) mass is 307 g/mol. The van der Waals surface area contributed by atoms with Crippen LogP contribution >= 0.6 is 11.6 Å². The Labute approximate surface area is 127 Å². The molecular formula is C16H15ClFNO2. The van der Waals surface area contributed by atoms with Crippen molar-refractivity contribution in [1.29, 1.82) is 0 Å². The van der Waals surface area contributed by atoms with Gasteiger partial charge >= 0.3 is 0 Å². The molecule has 0 saturated carbocycles. The number of halogens is 2. The number of hydrogen-bond acceptors (Lipinski definition) is 2. The zero-order valence-corrected chi connectivity index (χ0v) is 12.2. The van der Waals surface area contributed by atoms with Crippen molar-refractivity contribution in [2.45, 2.75) is 19.4 Å². The van der Waals surface area contributed by atoms with Crippen molar-refractivity contribution in [3.05, 3.63) is 59.4 Å². The number of carbonyl (C=O) groups excluding carboxylic acids is 1. The van der Waals surface area contributed by atoms with E-state index in [-0.39, 0.29) is 5.91 Å². The van der Waals surface area contributed by atoms with E-state index in [1.807, 2.05) is 6.92 Å². The summed E-state index contributed by atoms with van der Waals surface area (Å²) in [6.07, 6.45) is -0.194. The summed E-state index contributed by atoms with van der Waals surface area (Å²) < 4.78 is 18.7. The topological polar surface area (TPSA) is 38.3 Å². The van der Waals surface area contributed by atoms with Crippen molar-refractivity contribution in [2.24, 2.45) is 0 Å². The summed E-state index contributed by atoms with van der Waals surface area (Å²) in [4.78, 5) is 12.2. The first-order valence-electron chi connectivity index (χ1n) is 6.57. The zero-order valence-electron chi connectivity index (χ0n) is 11.5. The maximum absolute atomic E-state index is 13.1. The van der Waals surface area contributed by atoms with Gasteiger partial charge in [0.2, 0.25) is 0 Å². The highest BCUT2D eigenvalue weighted by molar-refractivity contribution is 6.30. The van der Waals surface area contributed by atoms with Crippen molar-refractivity contribution >= 4 is 23.2 Å². The van der Waals surface area contributed by atoms with Gasteiger partial charge in [0.05, 0.1) is 0 Å². The van der Waals surface area contributed by atoms with Crippen LogP contribution in [0.3, 0.4) is 0 Å². The first kappa shape index (κ1) is 15.3. The Morgan fingerprint density at radius 2 is 2.05 bits per heavy atom. The van der Waals surface area contributed by atoms with Crippen molar-refractivity contribution < 1.29 is 13.9 Å². The van der Waals surface area contributed by atoms with Crippen LogP contribution in [0.5, 0.6) is 5.75 Å². The maximum Gasteiger partial charge on any atom is 0.265 e. The first-order chi connectivity index (χ1) is 10.1.